The second-order valence-electron chi connectivity index (χ2n) is 6.87. The Morgan fingerprint density at radius 3 is 2.43 bits per heavy atom. The van der Waals surface area contributed by atoms with E-state index in [2.05, 4.69) is 10.6 Å². The minimum atomic E-state index is -0.983. The van der Waals surface area contributed by atoms with Crippen molar-refractivity contribution >= 4 is 35.0 Å². The Labute approximate surface area is 177 Å². The summed E-state index contributed by atoms with van der Waals surface area (Å²) < 4.78 is 26.6. The normalized spacial score (nSPS) is 13.2. The Morgan fingerprint density at radius 2 is 1.73 bits per heavy atom. The molecule has 1 aliphatic rings. The topological polar surface area (TPSA) is 78.5 Å². The number of halogens is 3. The number of anilines is 1. The number of hydrogen-bond acceptors (Lipinski definition) is 3. The average Bonchev–Trinajstić information content (AvgIpc) is 3.23. The number of carbonyl (C=O) groups is 3. The van der Waals surface area contributed by atoms with Gasteiger partial charge in [-0.3, -0.25) is 14.4 Å². The molecule has 0 aromatic heterocycles. The number of amides is 3. The largest absolute Gasteiger partial charge is 0.351 e. The first kappa shape index (κ1) is 21.7. The van der Waals surface area contributed by atoms with Crippen molar-refractivity contribution in [3.63, 3.8) is 0 Å². The lowest BCUT2D eigenvalue weighted by Gasteiger charge is -2.18. The number of likely N-dealkylation sites (tertiary alicyclic amines) is 1. The Morgan fingerprint density at radius 1 is 1.00 bits per heavy atom. The molecule has 0 bridgehead atoms. The number of rotatable bonds is 6. The zero-order valence-electron chi connectivity index (χ0n) is 16.0. The van der Waals surface area contributed by atoms with Crippen LogP contribution in [0.1, 0.15) is 40.0 Å². The fourth-order valence-electron chi connectivity index (χ4n) is 3.16. The average molecular weight is 436 g/mol. The number of nitrogens with one attached hydrogen (secondary N) is 2. The van der Waals surface area contributed by atoms with Gasteiger partial charge < -0.3 is 15.5 Å². The van der Waals surface area contributed by atoms with E-state index in [0.717, 1.165) is 25.0 Å². The molecule has 0 atom stereocenters. The van der Waals surface area contributed by atoms with Crippen LogP contribution >= 0.6 is 11.6 Å². The van der Waals surface area contributed by atoms with E-state index >= 15 is 0 Å². The van der Waals surface area contributed by atoms with E-state index in [1.807, 2.05) is 0 Å². The van der Waals surface area contributed by atoms with Crippen LogP contribution in [0.4, 0.5) is 14.5 Å². The first-order chi connectivity index (χ1) is 14.3. The highest BCUT2D eigenvalue weighted by Gasteiger charge is 2.23. The Kier molecular flexibility index (Phi) is 6.99. The third-order valence-electron chi connectivity index (χ3n) is 4.69. The lowest BCUT2D eigenvalue weighted by atomic mass is 10.1. The standard InChI is InChI=1S/C21H20ClF2N3O3/c22-13-3-6-18(16(11-13)21(30)27-9-1-2-10-27)26-19(28)7-8-25-20(29)15-5-4-14(23)12-17(15)24/h3-6,11-12H,1-2,7-10H2,(H,25,29)(H,26,28). The molecule has 1 saturated heterocycles. The summed E-state index contributed by atoms with van der Waals surface area (Å²) in [7, 11) is 0. The molecule has 6 nitrogen and oxygen atoms in total. The summed E-state index contributed by atoms with van der Waals surface area (Å²) in [4.78, 5) is 38.7. The van der Waals surface area contributed by atoms with Crippen LogP contribution in [0, 0.1) is 11.6 Å². The SMILES string of the molecule is O=C(CCNC(=O)c1ccc(F)cc1F)Nc1ccc(Cl)cc1C(=O)N1CCCC1. The van der Waals surface area contributed by atoms with Gasteiger partial charge in [-0.1, -0.05) is 11.6 Å². The van der Waals surface area contributed by atoms with Crippen molar-refractivity contribution in [1.29, 1.82) is 0 Å². The fourth-order valence-corrected chi connectivity index (χ4v) is 3.34. The van der Waals surface area contributed by atoms with E-state index in [1.54, 1.807) is 17.0 Å². The van der Waals surface area contributed by atoms with Gasteiger partial charge in [-0.2, -0.15) is 0 Å². The predicted molar refractivity (Wildman–Crippen MR) is 109 cm³/mol. The molecular weight excluding hydrogens is 416 g/mol. The molecule has 30 heavy (non-hydrogen) atoms. The lowest BCUT2D eigenvalue weighted by molar-refractivity contribution is -0.116. The summed E-state index contributed by atoms with van der Waals surface area (Å²) in [5.74, 6) is -3.16. The van der Waals surface area contributed by atoms with Gasteiger partial charge in [-0.05, 0) is 43.2 Å². The minimum absolute atomic E-state index is 0.0650. The summed E-state index contributed by atoms with van der Waals surface area (Å²) in [5, 5.41) is 5.44. The van der Waals surface area contributed by atoms with Crippen molar-refractivity contribution in [2.45, 2.75) is 19.3 Å². The van der Waals surface area contributed by atoms with Crippen LogP contribution in [0.3, 0.4) is 0 Å². The molecule has 0 aliphatic carbocycles. The second kappa shape index (κ2) is 9.67. The number of hydrogen-bond donors (Lipinski definition) is 2. The molecule has 2 N–H and O–H groups in total. The minimum Gasteiger partial charge on any atom is -0.351 e. The van der Waals surface area contributed by atoms with Gasteiger partial charge in [0, 0.05) is 37.1 Å². The van der Waals surface area contributed by atoms with Gasteiger partial charge in [0.25, 0.3) is 11.8 Å². The smallest absolute Gasteiger partial charge is 0.256 e. The monoisotopic (exact) mass is 435 g/mol. The van der Waals surface area contributed by atoms with Crippen LogP contribution in [0.15, 0.2) is 36.4 Å². The molecular formula is C21H20ClF2N3O3. The molecule has 1 heterocycles. The van der Waals surface area contributed by atoms with Gasteiger partial charge in [0.1, 0.15) is 11.6 Å². The van der Waals surface area contributed by atoms with Gasteiger partial charge in [-0.15, -0.1) is 0 Å². The molecule has 1 fully saturated rings. The number of carbonyl (C=O) groups excluding carboxylic acids is 3. The number of nitrogens with zero attached hydrogens (tertiary/aromatic N) is 1. The van der Waals surface area contributed by atoms with E-state index in [9.17, 15) is 23.2 Å². The Hall–Kier alpha value is -3.00. The van der Waals surface area contributed by atoms with Crippen LogP contribution in [0.5, 0.6) is 0 Å². The molecule has 158 valence electrons. The molecule has 3 rings (SSSR count). The van der Waals surface area contributed by atoms with Gasteiger partial charge in [0.15, 0.2) is 0 Å². The quantitative estimate of drug-likeness (QED) is 0.727. The molecule has 2 aromatic rings. The molecule has 0 radical (unpaired) electrons. The third-order valence-corrected chi connectivity index (χ3v) is 4.93. The van der Waals surface area contributed by atoms with Crippen molar-refractivity contribution < 1.29 is 23.2 Å². The summed E-state index contributed by atoms with van der Waals surface area (Å²) in [5.41, 5.74) is 0.320. The highest BCUT2D eigenvalue weighted by atomic mass is 35.5. The molecule has 9 heteroatoms. The molecule has 2 aromatic carbocycles. The van der Waals surface area contributed by atoms with Crippen LogP contribution < -0.4 is 10.6 Å². The first-order valence-electron chi connectivity index (χ1n) is 9.47. The Bertz CT molecular complexity index is 978. The van der Waals surface area contributed by atoms with E-state index < -0.39 is 23.4 Å². The Balaban J connectivity index is 1.58. The summed E-state index contributed by atoms with van der Waals surface area (Å²) in [6.07, 6.45) is 1.76. The molecule has 0 spiro atoms. The van der Waals surface area contributed by atoms with Gasteiger partial charge >= 0.3 is 0 Å². The van der Waals surface area contributed by atoms with Crippen LogP contribution in [-0.4, -0.2) is 42.3 Å². The first-order valence-corrected chi connectivity index (χ1v) is 9.85. The van der Waals surface area contributed by atoms with Crippen molar-refractivity contribution in [1.82, 2.24) is 10.2 Å². The maximum Gasteiger partial charge on any atom is 0.256 e. The highest BCUT2D eigenvalue weighted by molar-refractivity contribution is 6.31. The third kappa shape index (κ3) is 5.33. The summed E-state index contributed by atoms with van der Waals surface area (Å²) >= 11 is 6.02. The number of benzene rings is 2. The summed E-state index contributed by atoms with van der Waals surface area (Å²) in [6, 6.07) is 7.25. The summed E-state index contributed by atoms with van der Waals surface area (Å²) in [6.45, 7) is 1.25. The van der Waals surface area contributed by atoms with Crippen molar-refractivity contribution in [2.75, 3.05) is 25.0 Å². The molecule has 3 amide bonds. The zero-order valence-corrected chi connectivity index (χ0v) is 16.8. The zero-order chi connectivity index (χ0) is 21.7. The highest BCUT2D eigenvalue weighted by Crippen LogP contribution is 2.24. The predicted octanol–water partition coefficient (Wildman–Crippen LogP) is 3.61. The van der Waals surface area contributed by atoms with Crippen molar-refractivity contribution in [2.24, 2.45) is 0 Å². The maximum absolute atomic E-state index is 13.6. The van der Waals surface area contributed by atoms with Crippen molar-refractivity contribution in [3.05, 3.63) is 64.2 Å². The van der Waals surface area contributed by atoms with Crippen LogP contribution in [0.25, 0.3) is 0 Å². The van der Waals surface area contributed by atoms with Crippen LogP contribution in [-0.2, 0) is 4.79 Å². The van der Waals surface area contributed by atoms with Gasteiger partial charge in [-0.25, -0.2) is 8.78 Å². The van der Waals surface area contributed by atoms with E-state index in [-0.39, 0.29) is 24.4 Å². The lowest BCUT2D eigenvalue weighted by Crippen LogP contribution is -2.30. The van der Waals surface area contributed by atoms with E-state index in [1.165, 1.54) is 6.07 Å². The fraction of sp³-hybridized carbons (Fsp3) is 0.286. The molecule has 0 saturated carbocycles. The van der Waals surface area contributed by atoms with Gasteiger partial charge in [0.05, 0.1) is 16.8 Å². The van der Waals surface area contributed by atoms with Crippen molar-refractivity contribution in [3.8, 4) is 0 Å². The molecule has 0 unspecified atom stereocenters. The van der Waals surface area contributed by atoms with E-state index in [0.29, 0.717) is 35.4 Å². The van der Waals surface area contributed by atoms with E-state index in [4.69, 9.17) is 11.6 Å². The van der Waals surface area contributed by atoms with Gasteiger partial charge in [0.2, 0.25) is 5.91 Å². The second-order valence-corrected chi connectivity index (χ2v) is 7.30. The molecule has 1 aliphatic heterocycles. The maximum atomic E-state index is 13.6. The van der Waals surface area contributed by atoms with Crippen LogP contribution in [0.2, 0.25) is 5.02 Å².